The first kappa shape index (κ1) is 14.6. The van der Waals surface area contributed by atoms with Crippen LogP contribution in [0.3, 0.4) is 0 Å². The van der Waals surface area contributed by atoms with Gasteiger partial charge in [0.05, 0.1) is 0 Å². The van der Waals surface area contributed by atoms with E-state index < -0.39 is 0 Å². The highest BCUT2D eigenvalue weighted by Crippen LogP contribution is 2.39. The molecule has 0 spiro atoms. The lowest BCUT2D eigenvalue weighted by atomic mass is 9.87. The molecule has 1 fully saturated rings. The Morgan fingerprint density at radius 3 is 2.68 bits per heavy atom. The van der Waals surface area contributed by atoms with E-state index in [0.29, 0.717) is 0 Å². The maximum Gasteiger partial charge on any atom is 0.00966 e. The number of benzene rings is 1. The molecule has 0 heterocycles. The van der Waals surface area contributed by atoms with Crippen molar-refractivity contribution in [2.45, 2.75) is 64.8 Å². The van der Waals surface area contributed by atoms with E-state index in [2.05, 4.69) is 57.3 Å². The van der Waals surface area contributed by atoms with Gasteiger partial charge in [-0.2, -0.15) is 0 Å². The fraction of sp³-hybridized carbons (Fsp3) is 0.667. The van der Waals surface area contributed by atoms with Gasteiger partial charge in [0.1, 0.15) is 0 Å². The van der Waals surface area contributed by atoms with Gasteiger partial charge in [0.2, 0.25) is 0 Å². The van der Waals surface area contributed by atoms with E-state index in [1.165, 1.54) is 24.8 Å². The Labute approximate surface area is 118 Å². The summed E-state index contributed by atoms with van der Waals surface area (Å²) >= 11 is 0. The molecule has 1 aliphatic carbocycles. The lowest BCUT2D eigenvalue weighted by Gasteiger charge is -2.27. The van der Waals surface area contributed by atoms with Crippen molar-refractivity contribution in [1.82, 2.24) is 5.32 Å². The monoisotopic (exact) mass is 259 g/mol. The van der Waals surface area contributed by atoms with Crippen LogP contribution in [-0.2, 0) is 6.42 Å². The van der Waals surface area contributed by atoms with E-state index in [1.807, 2.05) is 0 Å². The topological polar surface area (TPSA) is 12.0 Å². The summed E-state index contributed by atoms with van der Waals surface area (Å²) in [6.45, 7) is 10.2. The van der Waals surface area contributed by atoms with Crippen molar-refractivity contribution in [1.29, 1.82) is 0 Å². The molecule has 19 heavy (non-hydrogen) atoms. The summed E-state index contributed by atoms with van der Waals surface area (Å²) in [5, 5.41) is 3.69. The summed E-state index contributed by atoms with van der Waals surface area (Å²) < 4.78 is 0. The summed E-state index contributed by atoms with van der Waals surface area (Å²) in [4.78, 5) is 0. The van der Waals surface area contributed by atoms with E-state index >= 15 is 0 Å². The van der Waals surface area contributed by atoms with Crippen LogP contribution in [0.2, 0.25) is 0 Å². The molecule has 2 unspecified atom stereocenters. The van der Waals surface area contributed by atoms with E-state index in [4.69, 9.17) is 0 Å². The van der Waals surface area contributed by atoms with E-state index in [1.54, 1.807) is 5.56 Å². The highest BCUT2D eigenvalue weighted by Gasteiger charge is 2.29. The largest absolute Gasteiger partial charge is 0.312 e. The Morgan fingerprint density at radius 1 is 1.21 bits per heavy atom. The molecule has 0 aliphatic heterocycles. The zero-order valence-corrected chi connectivity index (χ0v) is 13.0. The Balaban J connectivity index is 2.05. The van der Waals surface area contributed by atoms with Crippen LogP contribution in [0, 0.1) is 5.92 Å². The minimum absolute atomic E-state index is 0.235. The Kier molecular flexibility index (Phi) is 4.67. The van der Waals surface area contributed by atoms with Gasteiger partial charge in [-0.05, 0) is 69.5 Å². The van der Waals surface area contributed by atoms with Crippen molar-refractivity contribution >= 4 is 0 Å². The molecule has 1 saturated carbocycles. The van der Waals surface area contributed by atoms with Gasteiger partial charge in [0, 0.05) is 5.54 Å². The summed E-state index contributed by atoms with van der Waals surface area (Å²) in [5.74, 6) is 1.58. The van der Waals surface area contributed by atoms with Gasteiger partial charge in [-0.15, -0.1) is 0 Å². The predicted octanol–water partition coefficient (Wildman–Crippen LogP) is 4.52. The van der Waals surface area contributed by atoms with Crippen LogP contribution in [0.5, 0.6) is 0 Å². The first-order chi connectivity index (χ1) is 8.99. The summed E-state index contributed by atoms with van der Waals surface area (Å²) in [6, 6.07) is 9.25. The number of nitrogens with one attached hydrogen (secondary N) is 1. The molecule has 1 heteroatoms. The first-order valence-corrected chi connectivity index (χ1v) is 7.83. The molecule has 1 aliphatic rings. The summed E-state index contributed by atoms with van der Waals surface area (Å²) in [7, 11) is 0. The molecule has 1 aromatic rings. The molecule has 0 aromatic heterocycles. The Morgan fingerprint density at radius 2 is 2.00 bits per heavy atom. The SMILES string of the molecule is CCc1cccc(C2CCCC2CNC(C)(C)C)c1. The van der Waals surface area contributed by atoms with Crippen LogP contribution in [0.1, 0.15) is 64.0 Å². The highest BCUT2D eigenvalue weighted by molar-refractivity contribution is 5.27. The van der Waals surface area contributed by atoms with Gasteiger partial charge in [-0.3, -0.25) is 0 Å². The fourth-order valence-corrected chi connectivity index (χ4v) is 3.20. The quantitative estimate of drug-likeness (QED) is 0.838. The average molecular weight is 259 g/mol. The average Bonchev–Trinajstić information content (AvgIpc) is 2.84. The zero-order valence-electron chi connectivity index (χ0n) is 13.0. The molecule has 1 aromatic carbocycles. The van der Waals surface area contributed by atoms with E-state index in [9.17, 15) is 0 Å². The number of hydrogen-bond donors (Lipinski definition) is 1. The Bertz CT molecular complexity index is 402. The van der Waals surface area contributed by atoms with Crippen molar-refractivity contribution in [3.63, 3.8) is 0 Å². The van der Waals surface area contributed by atoms with Crippen molar-refractivity contribution in [2.24, 2.45) is 5.92 Å². The number of rotatable bonds is 4. The van der Waals surface area contributed by atoms with Crippen molar-refractivity contribution < 1.29 is 0 Å². The molecule has 0 amide bonds. The van der Waals surface area contributed by atoms with Crippen molar-refractivity contribution in [3.05, 3.63) is 35.4 Å². The first-order valence-electron chi connectivity index (χ1n) is 7.83. The molecule has 0 radical (unpaired) electrons. The molecule has 1 nitrogen and oxygen atoms in total. The molecule has 0 saturated heterocycles. The molecular weight excluding hydrogens is 230 g/mol. The molecule has 2 atom stereocenters. The summed E-state index contributed by atoms with van der Waals surface area (Å²) in [5.41, 5.74) is 3.28. The highest BCUT2D eigenvalue weighted by atomic mass is 14.9. The summed E-state index contributed by atoms with van der Waals surface area (Å²) in [6.07, 6.45) is 5.27. The van der Waals surface area contributed by atoms with Gasteiger partial charge < -0.3 is 5.32 Å². The third kappa shape index (κ3) is 4.07. The second kappa shape index (κ2) is 6.09. The molecule has 106 valence electrons. The van der Waals surface area contributed by atoms with Gasteiger partial charge in [-0.1, -0.05) is 37.6 Å². The maximum atomic E-state index is 3.69. The van der Waals surface area contributed by atoms with Gasteiger partial charge in [-0.25, -0.2) is 0 Å². The lowest BCUT2D eigenvalue weighted by molar-refractivity contribution is 0.356. The minimum atomic E-state index is 0.235. The van der Waals surface area contributed by atoms with E-state index in [0.717, 1.165) is 24.8 Å². The van der Waals surface area contributed by atoms with Gasteiger partial charge in [0.25, 0.3) is 0 Å². The third-order valence-electron chi connectivity index (χ3n) is 4.34. The molecule has 0 bridgehead atoms. The van der Waals surface area contributed by atoms with Crippen LogP contribution in [0.15, 0.2) is 24.3 Å². The smallest absolute Gasteiger partial charge is 0.00966 e. The lowest BCUT2D eigenvalue weighted by Crippen LogP contribution is -2.39. The van der Waals surface area contributed by atoms with Gasteiger partial charge >= 0.3 is 0 Å². The zero-order chi connectivity index (χ0) is 13.9. The minimum Gasteiger partial charge on any atom is -0.312 e. The molecule has 2 rings (SSSR count). The predicted molar refractivity (Wildman–Crippen MR) is 83.7 cm³/mol. The van der Waals surface area contributed by atoms with Crippen molar-refractivity contribution in [3.8, 4) is 0 Å². The van der Waals surface area contributed by atoms with E-state index in [-0.39, 0.29) is 5.54 Å². The van der Waals surface area contributed by atoms with Crippen molar-refractivity contribution in [2.75, 3.05) is 6.54 Å². The van der Waals surface area contributed by atoms with Crippen LogP contribution >= 0.6 is 0 Å². The van der Waals surface area contributed by atoms with Crippen LogP contribution in [0.25, 0.3) is 0 Å². The maximum absolute atomic E-state index is 3.69. The van der Waals surface area contributed by atoms with Gasteiger partial charge in [0.15, 0.2) is 0 Å². The Hall–Kier alpha value is -0.820. The van der Waals surface area contributed by atoms with Crippen LogP contribution in [-0.4, -0.2) is 12.1 Å². The van der Waals surface area contributed by atoms with Crippen LogP contribution < -0.4 is 5.32 Å². The fourth-order valence-electron chi connectivity index (χ4n) is 3.20. The molecular formula is C18H29N. The second-order valence-electron chi connectivity index (χ2n) is 7.03. The standard InChI is InChI=1S/C18H29N/c1-5-14-8-6-9-15(12-14)17-11-7-10-16(17)13-19-18(2,3)4/h6,8-9,12,16-17,19H,5,7,10-11,13H2,1-4H3. The second-order valence-corrected chi connectivity index (χ2v) is 7.03. The van der Waals surface area contributed by atoms with Crippen LogP contribution in [0.4, 0.5) is 0 Å². The molecule has 1 N–H and O–H groups in total. The number of aryl methyl sites for hydroxylation is 1. The number of hydrogen-bond acceptors (Lipinski definition) is 1. The third-order valence-corrected chi connectivity index (χ3v) is 4.34. The normalized spacial score (nSPS) is 23.8.